The second-order valence-electron chi connectivity index (χ2n) is 42.1. The molecule has 139 heavy (non-hydrogen) atoms. The van der Waals surface area contributed by atoms with Crippen molar-refractivity contribution >= 4 is 85.0 Å². The van der Waals surface area contributed by atoms with Crippen molar-refractivity contribution in [2.75, 3.05) is 0 Å². The predicted octanol–water partition coefficient (Wildman–Crippen LogP) is 34.8. The van der Waals surface area contributed by atoms with Crippen molar-refractivity contribution in [2.24, 2.45) is 0 Å². The highest BCUT2D eigenvalue weighted by molar-refractivity contribution is 7.26. The summed E-state index contributed by atoms with van der Waals surface area (Å²) in [6.45, 7) is 46.0. The molecule has 0 bridgehead atoms. The fourth-order valence-electron chi connectivity index (χ4n) is 15.8. The van der Waals surface area contributed by atoms with E-state index in [1.54, 1.807) is 0 Å². The third-order valence-electron chi connectivity index (χ3n) is 23.6. The summed E-state index contributed by atoms with van der Waals surface area (Å²) in [7, 11) is 0. The SMILES string of the molecule is CC(C)(C)c1cc(-c2ccccc2)nc(-c2ccccc2)c1.CC(C)(C)c1cc(-c2ccccc2)nc(-c2ccccc2)n1.CC(C)(C)c1ccc2sc3ccccc3c2c1.CC(C)(C)c1nc(-c2ccccc2)cc(-c2ccccc2)n1.CC(C)(C)c1nc(-c2ccccc2)nc(-c2ccccc2)n1.CC(C)(C)c1nccc2c1oc1ccccc12.CC(C)(C)c1nccc2c1sc1ccccc12. The van der Waals surface area contributed by atoms with Gasteiger partial charge in [-0.25, -0.2) is 39.9 Å². The van der Waals surface area contributed by atoms with E-state index in [1.807, 2.05) is 205 Å². The Morgan fingerprint density at radius 3 is 0.957 bits per heavy atom. The molecule has 0 atom stereocenters. The van der Waals surface area contributed by atoms with E-state index in [4.69, 9.17) is 29.3 Å². The molecule has 0 radical (unpaired) electrons. The van der Waals surface area contributed by atoms with Crippen molar-refractivity contribution in [3.8, 4) is 90.5 Å². The summed E-state index contributed by atoms with van der Waals surface area (Å²) in [4.78, 5) is 47.1. The van der Waals surface area contributed by atoms with Gasteiger partial charge >= 0.3 is 0 Å². The Bertz CT molecular complexity index is 6750. The number of fused-ring (bicyclic) bond motifs is 9. The number of aromatic nitrogens is 10. The molecule has 9 heterocycles. The summed E-state index contributed by atoms with van der Waals surface area (Å²) in [5.41, 5.74) is 21.7. The van der Waals surface area contributed by atoms with Gasteiger partial charge < -0.3 is 4.42 Å². The molecule has 13 heteroatoms. The van der Waals surface area contributed by atoms with Gasteiger partial charge in [-0.05, 0) is 88.7 Å². The minimum Gasteiger partial charge on any atom is -0.454 e. The maximum atomic E-state index is 5.95. The normalized spacial score (nSPS) is 11.8. The number of para-hydroxylation sites is 1. The largest absolute Gasteiger partial charge is 0.454 e. The molecule has 12 aromatic carbocycles. The van der Waals surface area contributed by atoms with Crippen LogP contribution in [-0.2, 0) is 37.9 Å². The Balaban J connectivity index is 0.000000123. The molecule has 0 fully saturated rings. The molecular weight excluding hydrogens is 1730 g/mol. The van der Waals surface area contributed by atoms with Crippen molar-refractivity contribution < 1.29 is 4.42 Å². The van der Waals surface area contributed by atoms with Crippen LogP contribution < -0.4 is 0 Å². The first-order valence-corrected chi connectivity index (χ1v) is 49.5. The highest BCUT2D eigenvalue weighted by atomic mass is 32.1. The van der Waals surface area contributed by atoms with Gasteiger partial charge in [-0.2, -0.15) is 0 Å². The second-order valence-corrected chi connectivity index (χ2v) is 44.2. The van der Waals surface area contributed by atoms with E-state index in [1.165, 1.54) is 57.2 Å². The fraction of sp³-hybridized carbons (Fsp3) is 0.222. The summed E-state index contributed by atoms with van der Waals surface area (Å²) in [5, 5.41) is 7.79. The number of benzene rings is 12. The van der Waals surface area contributed by atoms with E-state index in [-0.39, 0.29) is 37.9 Å². The average Bonchev–Trinajstić information content (AvgIpc) is 1.62. The van der Waals surface area contributed by atoms with Crippen LogP contribution in [0.4, 0.5) is 0 Å². The van der Waals surface area contributed by atoms with Gasteiger partial charge in [0.1, 0.15) is 17.2 Å². The van der Waals surface area contributed by atoms with Crippen molar-refractivity contribution in [1.29, 1.82) is 0 Å². The Labute approximate surface area is 829 Å². The highest BCUT2D eigenvalue weighted by Gasteiger charge is 2.28. The Kier molecular flexibility index (Phi) is 30.4. The van der Waals surface area contributed by atoms with Crippen molar-refractivity contribution in [3.05, 3.63) is 422 Å². The number of thiophene rings is 2. The van der Waals surface area contributed by atoms with Gasteiger partial charge in [-0.15, -0.1) is 22.7 Å². The van der Waals surface area contributed by atoms with E-state index < -0.39 is 0 Å². The van der Waals surface area contributed by atoms with E-state index in [0.29, 0.717) is 0 Å². The van der Waals surface area contributed by atoms with Gasteiger partial charge in [0.05, 0.1) is 50.3 Å². The lowest BCUT2D eigenvalue weighted by atomic mass is 9.85. The summed E-state index contributed by atoms with van der Waals surface area (Å²) >= 11 is 3.73. The van der Waals surface area contributed by atoms with E-state index in [9.17, 15) is 0 Å². The zero-order valence-corrected chi connectivity index (χ0v) is 85.7. The number of nitrogens with zero attached hydrogens (tertiary/aromatic N) is 10. The highest BCUT2D eigenvalue weighted by Crippen LogP contribution is 2.42. The molecule has 21 aromatic rings. The maximum Gasteiger partial charge on any atom is 0.163 e. The molecule has 11 nitrogen and oxygen atoms in total. The van der Waals surface area contributed by atoms with Crippen molar-refractivity contribution in [1.82, 2.24) is 49.8 Å². The molecule has 9 aromatic heterocycles. The van der Waals surface area contributed by atoms with Gasteiger partial charge in [0, 0.05) is 130 Å². The Morgan fingerprint density at radius 2 is 0.547 bits per heavy atom. The third kappa shape index (κ3) is 25.1. The molecule has 0 saturated heterocycles. The van der Waals surface area contributed by atoms with E-state index in [2.05, 4.69) is 371 Å². The minimum absolute atomic E-state index is 0.00656. The molecule has 0 aliphatic heterocycles. The van der Waals surface area contributed by atoms with Gasteiger partial charge in [0.15, 0.2) is 23.1 Å². The summed E-state index contributed by atoms with van der Waals surface area (Å²) in [5.74, 6) is 3.90. The Morgan fingerprint density at radius 1 is 0.209 bits per heavy atom. The smallest absolute Gasteiger partial charge is 0.163 e. The van der Waals surface area contributed by atoms with Crippen LogP contribution in [0.1, 0.15) is 185 Å². The van der Waals surface area contributed by atoms with Crippen LogP contribution in [0.25, 0.3) is 153 Å². The quantitative estimate of drug-likeness (QED) is 0.143. The molecule has 0 N–H and O–H groups in total. The minimum atomic E-state index is -0.129. The number of hydrogen-bond donors (Lipinski definition) is 0. The summed E-state index contributed by atoms with van der Waals surface area (Å²) in [6.07, 6.45) is 3.80. The van der Waals surface area contributed by atoms with Crippen molar-refractivity contribution in [2.45, 2.75) is 183 Å². The lowest BCUT2D eigenvalue weighted by Crippen LogP contribution is -2.18. The molecule has 21 rings (SSSR count). The molecule has 698 valence electrons. The van der Waals surface area contributed by atoms with Crippen LogP contribution in [-0.4, -0.2) is 49.8 Å². The van der Waals surface area contributed by atoms with Gasteiger partial charge in [0.25, 0.3) is 0 Å². The zero-order chi connectivity index (χ0) is 98.4. The lowest BCUT2D eigenvalue weighted by molar-refractivity contribution is 0.543. The molecule has 0 spiro atoms. The maximum absolute atomic E-state index is 5.95. The standard InChI is InChI=1S/C21H21N.2C20H20N2.C19H19N3.C16H16S.C15H15NO.C15H15NS/c1-21(2,3)18-14-19(16-10-6-4-7-11-16)22-20(15-18)17-12-8-5-9-13-17;1-20(2,3)18-14-17(15-10-6-4-7-11-15)21-19(22-18)16-12-8-5-9-13-16;1-20(2,3)19-21-17(15-10-6-4-7-11-15)14-18(22-19)16-12-8-5-9-13-16;1-19(2,3)18-21-16(14-10-6-4-7-11-14)20-17(22-18)15-12-8-5-9-13-15;1-16(2,3)11-8-9-15-13(10-11)12-6-4-5-7-14(12)17-15;2*1-15(2,3)14-13-11(8-9-16-14)10-6-4-5-7-12(10)17-13/h4-15H,1-3H3;2*4-14H,1-3H3;4-13H,1-3H3;4-10H,1-3H3;2*4-9H,1-3H3. The van der Waals surface area contributed by atoms with Gasteiger partial charge in [-0.1, -0.05) is 449 Å². The number of hydrogen-bond acceptors (Lipinski definition) is 13. The van der Waals surface area contributed by atoms with E-state index >= 15 is 0 Å². The van der Waals surface area contributed by atoms with Crippen LogP contribution >= 0.6 is 22.7 Å². The van der Waals surface area contributed by atoms with Crippen LogP contribution in [0.5, 0.6) is 0 Å². The average molecular weight is 1860 g/mol. The van der Waals surface area contributed by atoms with E-state index in [0.717, 1.165) is 135 Å². The van der Waals surface area contributed by atoms with Gasteiger partial charge in [0.2, 0.25) is 0 Å². The third-order valence-corrected chi connectivity index (χ3v) is 25.9. The number of furan rings is 1. The molecule has 0 unspecified atom stereocenters. The topological polar surface area (TPSA) is 142 Å². The van der Waals surface area contributed by atoms with Crippen LogP contribution in [0.3, 0.4) is 0 Å². The first-order valence-electron chi connectivity index (χ1n) is 47.8. The summed E-state index contributed by atoms with van der Waals surface area (Å²) < 4.78 is 11.4. The molecule has 0 amide bonds. The molecular formula is C126H126N10OS2. The summed E-state index contributed by atoms with van der Waals surface area (Å²) in [6, 6.07) is 127. The van der Waals surface area contributed by atoms with Crippen LogP contribution in [0.2, 0.25) is 0 Å². The monoisotopic (exact) mass is 1860 g/mol. The number of rotatable bonds is 8. The molecule has 0 aliphatic rings. The van der Waals surface area contributed by atoms with Gasteiger partial charge in [-0.3, -0.25) is 9.97 Å². The first-order chi connectivity index (χ1) is 66.3. The van der Waals surface area contributed by atoms with Crippen LogP contribution in [0, 0.1) is 0 Å². The zero-order valence-electron chi connectivity index (χ0n) is 84.1. The molecule has 0 saturated carbocycles. The van der Waals surface area contributed by atoms with Crippen LogP contribution in [0.15, 0.2) is 387 Å². The van der Waals surface area contributed by atoms with Crippen molar-refractivity contribution in [3.63, 3.8) is 0 Å². The Hall–Kier alpha value is -14.5. The number of pyridine rings is 3. The fourth-order valence-corrected chi connectivity index (χ4v) is 18.3. The first kappa shape index (κ1) is 99.0. The lowest BCUT2D eigenvalue weighted by Gasteiger charge is -2.21. The molecule has 0 aliphatic carbocycles. The predicted molar refractivity (Wildman–Crippen MR) is 590 cm³/mol. The second kappa shape index (κ2) is 42.6.